The van der Waals surface area contributed by atoms with Gasteiger partial charge in [-0.15, -0.1) is 0 Å². The van der Waals surface area contributed by atoms with Gasteiger partial charge in [0, 0.05) is 12.8 Å². The van der Waals surface area contributed by atoms with Gasteiger partial charge in [-0.2, -0.15) is 0 Å². The fourth-order valence-corrected chi connectivity index (χ4v) is 4.49. The first-order valence-corrected chi connectivity index (χ1v) is 15.6. The predicted molar refractivity (Wildman–Crippen MR) is 150 cm³/mol. The number of hydrogen-bond donors (Lipinski definition) is 1. The fourth-order valence-electron chi connectivity index (χ4n) is 4.49. The smallest absolute Gasteiger partial charge is 0.306 e. The topological polar surface area (TPSA) is 72.8 Å². The molecule has 0 amide bonds. The average Bonchev–Trinajstić information content (AvgIpc) is 2.88. The van der Waals surface area contributed by atoms with Crippen LogP contribution in [0.15, 0.2) is 0 Å². The molecule has 214 valence electrons. The lowest BCUT2D eigenvalue weighted by Gasteiger charge is -2.15. The molecule has 0 spiro atoms. The van der Waals surface area contributed by atoms with E-state index < -0.39 is 6.10 Å². The number of carbonyl (C=O) groups is 2. The summed E-state index contributed by atoms with van der Waals surface area (Å²) in [5.41, 5.74) is 0. The fraction of sp³-hybridized carbons (Fsp3) is 0.935. The van der Waals surface area contributed by atoms with Crippen molar-refractivity contribution >= 4 is 11.9 Å². The number of aliphatic hydroxyl groups excluding tert-OH is 1. The molecule has 0 aromatic heterocycles. The Kier molecular flexibility index (Phi) is 27.6. The van der Waals surface area contributed by atoms with E-state index in [0.717, 1.165) is 38.5 Å². The van der Waals surface area contributed by atoms with Gasteiger partial charge in [0.25, 0.3) is 0 Å². The van der Waals surface area contributed by atoms with Gasteiger partial charge < -0.3 is 14.6 Å². The summed E-state index contributed by atoms with van der Waals surface area (Å²) in [6.07, 6.45) is 27.2. The number of aliphatic hydroxyl groups is 1. The monoisotopic (exact) mass is 512 g/mol. The highest BCUT2D eigenvalue weighted by Crippen LogP contribution is 2.14. The molecule has 0 aromatic carbocycles. The first-order valence-electron chi connectivity index (χ1n) is 15.6. The van der Waals surface area contributed by atoms with E-state index in [1.165, 1.54) is 103 Å². The van der Waals surface area contributed by atoms with Crippen LogP contribution >= 0.6 is 0 Å². The van der Waals surface area contributed by atoms with E-state index >= 15 is 0 Å². The second-order valence-electron chi connectivity index (χ2n) is 10.5. The average molecular weight is 513 g/mol. The summed E-state index contributed by atoms with van der Waals surface area (Å²) < 4.78 is 10.5. The second kappa shape index (κ2) is 28.5. The van der Waals surface area contributed by atoms with Gasteiger partial charge in [0.05, 0.1) is 6.61 Å². The molecular formula is C31H60O5. The summed E-state index contributed by atoms with van der Waals surface area (Å²) in [5, 5.41) is 9.46. The quantitative estimate of drug-likeness (QED) is 0.0837. The standard InChI is InChI=1S/C31H60O5/c1-3-5-7-9-11-13-15-16-18-20-22-24-26-31(34)36-29(27-32)28-35-30(33)25-23-21-19-17-14-12-10-8-6-4-2/h29,32H,3-28H2,1-2H3/t29-/m0/s1. The van der Waals surface area contributed by atoms with Crippen LogP contribution in [-0.4, -0.2) is 36.4 Å². The number of rotatable bonds is 28. The third-order valence-corrected chi connectivity index (χ3v) is 6.90. The Hall–Kier alpha value is -1.10. The zero-order chi connectivity index (χ0) is 26.5. The minimum Gasteiger partial charge on any atom is -0.462 e. The first-order chi connectivity index (χ1) is 17.6. The van der Waals surface area contributed by atoms with Crippen LogP contribution in [0.25, 0.3) is 0 Å². The van der Waals surface area contributed by atoms with Gasteiger partial charge in [-0.3, -0.25) is 9.59 Å². The van der Waals surface area contributed by atoms with Crippen molar-refractivity contribution in [1.82, 2.24) is 0 Å². The molecule has 5 heteroatoms. The second-order valence-corrected chi connectivity index (χ2v) is 10.5. The third-order valence-electron chi connectivity index (χ3n) is 6.90. The Balaban J connectivity index is 3.56. The van der Waals surface area contributed by atoms with E-state index in [0.29, 0.717) is 12.8 Å². The maximum Gasteiger partial charge on any atom is 0.306 e. The number of hydrogen-bond acceptors (Lipinski definition) is 5. The molecule has 36 heavy (non-hydrogen) atoms. The van der Waals surface area contributed by atoms with Gasteiger partial charge >= 0.3 is 11.9 Å². The van der Waals surface area contributed by atoms with E-state index in [2.05, 4.69) is 13.8 Å². The van der Waals surface area contributed by atoms with E-state index in [-0.39, 0.29) is 25.2 Å². The maximum absolute atomic E-state index is 12.0. The van der Waals surface area contributed by atoms with Crippen molar-refractivity contribution in [2.75, 3.05) is 13.2 Å². The molecule has 0 aromatic rings. The van der Waals surface area contributed by atoms with Crippen molar-refractivity contribution in [2.24, 2.45) is 0 Å². The molecule has 0 aliphatic rings. The molecule has 0 heterocycles. The minimum atomic E-state index is -0.758. The Morgan fingerprint density at radius 2 is 0.861 bits per heavy atom. The Bertz CT molecular complexity index is 480. The van der Waals surface area contributed by atoms with Gasteiger partial charge in [-0.1, -0.05) is 142 Å². The normalized spacial score (nSPS) is 12.0. The number of unbranched alkanes of at least 4 members (excludes halogenated alkanes) is 20. The molecule has 0 unspecified atom stereocenters. The molecule has 5 nitrogen and oxygen atoms in total. The van der Waals surface area contributed by atoms with Crippen molar-refractivity contribution in [3.05, 3.63) is 0 Å². The molecule has 0 aliphatic carbocycles. The summed E-state index contributed by atoms with van der Waals surface area (Å²) in [6, 6.07) is 0. The van der Waals surface area contributed by atoms with Crippen LogP contribution in [0.3, 0.4) is 0 Å². The largest absolute Gasteiger partial charge is 0.462 e. The summed E-state index contributed by atoms with van der Waals surface area (Å²) in [7, 11) is 0. The zero-order valence-electron chi connectivity index (χ0n) is 24.0. The van der Waals surface area contributed by atoms with Crippen molar-refractivity contribution < 1.29 is 24.2 Å². The van der Waals surface area contributed by atoms with Crippen molar-refractivity contribution in [3.63, 3.8) is 0 Å². The van der Waals surface area contributed by atoms with Crippen LogP contribution in [0.1, 0.15) is 168 Å². The van der Waals surface area contributed by atoms with Crippen molar-refractivity contribution in [3.8, 4) is 0 Å². The van der Waals surface area contributed by atoms with Crippen LogP contribution in [0.5, 0.6) is 0 Å². The molecule has 0 aliphatic heterocycles. The van der Waals surface area contributed by atoms with E-state index in [4.69, 9.17) is 9.47 Å². The van der Waals surface area contributed by atoms with Crippen LogP contribution in [0.2, 0.25) is 0 Å². The van der Waals surface area contributed by atoms with E-state index in [9.17, 15) is 14.7 Å². The highest BCUT2D eigenvalue weighted by Gasteiger charge is 2.16. The Morgan fingerprint density at radius 1 is 0.528 bits per heavy atom. The summed E-state index contributed by atoms with van der Waals surface area (Å²) in [4.78, 5) is 24.0. The van der Waals surface area contributed by atoms with Gasteiger partial charge in [-0.05, 0) is 12.8 Å². The molecule has 0 saturated heterocycles. The minimum absolute atomic E-state index is 0.0583. The zero-order valence-corrected chi connectivity index (χ0v) is 24.0. The molecule has 0 saturated carbocycles. The van der Waals surface area contributed by atoms with E-state index in [1.54, 1.807) is 0 Å². The summed E-state index contributed by atoms with van der Waals surface area (Å²) in [6.45, 7) is 4.11. The number of esters is 2. The van der Waals surface area contributed by atoms with Crippen LogP contribution in [-0.2, 0) is 19.1 Å². The maximum atomic E-state index is 12.0. The third kappa shape index (κ3) is 26.0. The first kappa shape index (κ1) is 34.9. The molecule has 0 fully saturated rings. The van der Waals surface area contributed by atoms with Gasteiger partial charge in [0.2, 0.25) is 0 Å². The van der Waals surface area contributed by atoms with E-state index in [1.807, 2.05) is 0 Å². The van der Waals surface area contributed by atoms with Crippen LogP contribution in [0, 0.1) is 0 Å². The van der Waals surface area contributed by atoms with Gasteiger partial charge in [0.15, 0.2) is 6.10 Å². The molecule has 0 radical (unpaired) electrons. The molecule has 1 atom stereocenters. The lowest BCUT2D eigenvalue weighted by atomic mass is 10.0. The van der Waals surface area contributed by atoms with Gasteiger partial charge in [0.1, 0.15) is 6.61 Å². The summed E-state index contributed by atoms with van der Waals surface area (Å²) >= 11 is 0. The lowest BCUT2D eigenvalue weighted by Crippen LogP contribution is -2.28. The van der Waals surface area contributed by atoms with Crippen molar-refractivity contribution in [1.29, 1.82) is 0 Å². The number of ether oxygens (including phenoxy) is 2. The Morgan fingerprint density at radius 3 is 1.22 bits per heavy atom. The highest BCUT2D eigenvalue weighted by atomic mass is 16.6. The summed E-state index contributed by atoms with van der Waals surface area (Å²) in [5.74, 6) is -0.586. The van der Waals surface area contributed by atoms with Crippen molar-refractivity contribution in [2.45, 2.75) is 174 Å². The highest BCUT2D eigenvalue weighted by molar-refractivity contribution is 5.70. The SMILES string of the molecule is CCCCCCCCCCCCCCC(=O)O[C@@H](CO)COC(=O)CCCCCCCCCCCC. The predicted octanol–water partition coefficient (Wildman–Crippen LogP) is 8.84. The number of carbonyl (C=O) groups excluding carboxylic acids is 2. The van der Waals surface area contributed by atoms with Gasteiger partial charge in [-0.25, -0.2) is 0 Å². The molecule has 0 bridgehead atoms. The van der Waals surface area contributed by atoms with Crippen LogP contribution < -0.4 is 0 Å². The lowest BCUT2D eigenvalue weighted by molar-refractivity contribution is -0.161. The van der Waals surface area contributed by atoms with Crippen LogP contribution in [0.4, 0.5) is 0 Å². The Labute approximate surface area is 223 Å². The molecular weight excluding hydrogens is 452 g/mol. The molecule has 1 N–H and O–H groups in total. The molecule has 0 rings (SSSR count).